The number of benzene rings is 1. The van der Waals surface area contributed by atoms with Crippen molar-refractivity contribution in [3.8, 4) is 5.75 Å². The van der Waals surface area contributed by atoms with Gasteiger partial charge in [-0.1, -0.05) is 6.07 Å². The molecule has 0 saturated carbocycles. The highest BCUT2D eigenvalue weighted by atomic mass is 19.1. The number of aromatic nitrogens is 3. The minimum absolute atomic E-state index is 0.0234. The van der Waals surface area contributed by atoms with Crippen molar-refractivity contribution in [3.05, 3.63) is 58.8 Å². The molecule has 0 saturated heterocycles. The first-order valence-electron chi connectivity index (χ1n) is 8.56. The number of rotatable bonds is 4. The maximum atomic E-state index is 13.9. The summed E-state index contributed by atoms with van der Waals surface area (Å²) in [4.78, 5) is 39.9. The van der Waals surface area contributed by atoms with Gasteiger partial charge in [0.1, 0.15) is 23.7 Å². The molecule has 1 aliphatic rings. The molecule has 0 fully saturated rings. The number of halogens is 1. The van der Waals surface area contributed by atoms with Crippen LogP contribution in [0.25, 0.3) is 5.65 Å². The molecule has 0 radical (unpaired) electrons. The van der Waals surface area contributed by atoms with Gasteiger partial charge in [-0.3, -0.25) is 19.8 Å². The zero-order valence-electron chi connectivity index (χ0n) is 14.9. The van der Waals surface area contributed by atoms with Crippen LogP contribution in [0.15, 0.2) is 30.5 Å². The molecule has 3 heterocycles. The van der Waals surface area contributed by atoms with Crippen LogP contribution in [0.4, 0.5) is 4.39 Å². The molecule has 0 atom stereocenters. The second-order valence-electron chi connectivity index (χ2n) is 6.36. The zero-order chi connectivity index (χ0) is 20.5. The lowest BCUT2D eigenvalue weighted by atomic mass is 10.0. The van der Waals surface area contributed by atoms with Crippen LogP contribution >= 0.6 is 0 Å². The minimum Gasteiger partial charge on any atom is -0.486 e. The van der Waals surface area contributed by atoms with Crippen molar-refractivity contribution in [1.29, 1.82) is 0 Å². The molecule has 1 aromatic carbocycles. The number of hydrogen-bond donors (Lipinski definition) is 3. The molecular weight excluding hydrogens is 383 g/mol. The van der Waals surface area contributed by atoms with E-state index in [0.29, 0.717) is 5.75 Å². The number of ketones is 1. The predicted molar refractivity (Wildman–Crippen MR) is 96.4 cm³/mol. The molecule has 0 aliphatic carbocycles. The number of carbonyl (C=O) groups is 3. The summed E-state index contributed by atoms with van der Waals surface area (Å²) < 4.78 is 20.2. The fraction of sp³-hybridized carbons (Fsp3) is 0.167. The predicted octanol–water partition coefficient (Wildman–Crippen LogP) is -0.0941. The summed E-state index contributed by atoms with van der Waals surface area (Å²) in [6.45, 7) is 0.189. The number of nitrogen functional groups attached to an aromatic ring is 1. The van der Waals surface area contributed by atoms with Crippen LogP contribution in [0.2, 0.25) is 0 Å². The number of hydrogen-bond acceptors (Lipinski definition) is 7. The lowest BCUT2D eigenvalue weighted by Gasteiger charge is -2.17. The summed E-state index contributed by atoms with van der Waals surface area (Å²) in [6, 6.07) is 6.43. The van der Waals surface area contributed by atoms with Gasteiger partial charge in [0.05, 0.1) is 6.20 Å². The third-order valence-corrected chi connectivity index (χ3v) is 4.38. The SMILES string of the molecule is NNC(=O)c1cc(C(=O)NCc2ccc3c(c2)CC(=O)CO3)nc2c(F)cnn12. The van der Waals surface area contributed by atoms with E-state index in [1.807, 2.05) is 5.43 Å². The lowest BCUT2D eigenvalue weighted by Crippen LogP contribution is -2.33. The van der Waals surface area contributed by atoms with E-state index in [4.69, 9.17) is 10.6 Å². The summed E-state index contributed by atoms with van der Waals surface area (Å²) in [5.41, 5.74) is 2.81. The summed E-state index contributed by atoms with van der Waals surface area (Å²) in [6.07, 6.45) is 1.15. The highest BCUT2D eigenvalue weighted by Gasteiger charge is 2.20. The molecule has 4 rings (SSSR count). The van der Waals surface area contributed by atoms with Crippen LogP contribution in [0.1, 0.15) is 32.1 Å². The average Bonchev–Trinajstić information content (AvgIpc) is 3.11. The number of nitrogens with zero attached hydrogens (tertiary/aromatic N) is 3. The van der Waals surface area contributed by atoms with Crippen LogP contribution in [0.3, 0.4) is 0 Å². The molecule has 10 nitrogen and oxygen atoms in total. The van der Waals surface area contributed by atoms with E-state index in [1.54, 1.807) is 18.2 Å². The second-order valence-corrected chi connectivity index (χ2v) is 6.36. The Bertz CT molecular complexity index is 1160. The maximum Gasteiger partial charge on any atom is 0.283 e. The topological polar surface area (TPSA) is 141 Å². The minimum atomic E-state index is -0.787. The number of hydrazine groups is 1. The number of nitrogens with one attached hydrogen (secondary N) is 2. The second kappa shape index (κ2) is 7.28. The fourth-order valence-electron chi connectivity index (χ4n) is 3.00. The first-order chi connectivity index (χ1) is 14.0. The molecule has 11 heteroatoms. The highest BCUT2D eigenvalue weighted by Crippen LogP contribution is 2.24. The molecule has 2 aromatic heterocycles. The van der Waals surface area contributed by atoms with Gasteiger partial charge in [0.25, 0.3) is 11.8 Å². The molecule has 4 N–H and O–H groups in total. The largest absolute Gasteiger partial charge is 0.486 e. The molecule has 29 heavy (non-hydrogen) atoms. The van der Waals surface area contributed by atoms with Gasteiger partial charge in [-0.25, -0.2) is 19.7 Å². The monoisotopic (exact) mass is 398 g/mol. The van der Waals surface area contributed by atoms with E-state index >= 15 is 0 Å². The van der Waals surface area contributed by atoms with E-state index in [9.17, 15) is 18.8 Å². The third-order valence-electron chi connectivity index (χ3n) is 4.38. The number of carbonyl (C=O) groups excluding carboxylic acids is 3. The quantitative estimate of drug-likeness (QED) is 0.317. The van der Waals surface area contributed by atoms with E-state index in [1.165, 1.54) is 0 Å². The van der Waals surface area contributed by atoms with Gasteiger partial charge in [0.15, 0.2) is 17.2 Å². The molecule has 2 amide bonds. The van der Waals surface area contributed by atoms with Crippen molar-refractivity contribution in [2.75, 3.05) is 6.61 Å². The smallest absolute Gasteiger partial charge is 0.283 e. The standard InChI is InChI=1S/C18H15FN6O4/c19-12-7-22-25-14(18(28)24-20)5-13(23-16(12)25)17(27)21-6-9-1-2-15-10(3-9)4-11(26)8-29-15/h1-3,5,7H,4,6,8,20H2,(H,21,27)(H,24,28). The molecule has 1 aliphatic heterocycles. The number of nitrogens with two attached hydrogens (primary N) is 1. The van der Waals surface area contributed by atoms with Gasteiger partial charge >= 0.3 is 0 Å². The van der Waals surface area contributed by atoms with Gasteiger partial charge < -0.3 is 10.1 Å². The Hall–Kier alpha value is -3.86. The summed E-state index contributed by atoms with van der Waals surface area (Å²) >= 11 is 0. The van der Waals surface area contributed by atoms with E-state index in [-0.39, 0.29) is 42.4 Å². The Balaban J connectivity index is 1.57. The van der Waals surface area contributed by atoms with Crippen molar-refractivity contribution < 1.29 is 23.5 Å². The van der Waals surface area contributed by atoms with Crippen LogP contribution in [0, 0.1) is 5.82 Å². The van der Waals surface area contributed by atoms with Gasteiger partial charge in [0, 0.05) is 24.6 Å². The third kappa shape index (κ3) is 3.50. The molecular formula is C18H15FN6O4. The van der Waals surface area contributed by atoms with E-state index in [2.05, 4.69) is 15.4 Å². The van der Waals surface area contributed by atoms with Gasteiger partial charge in [-0.15, -0.1) is 0 Å². The molecule has 3 aromatic rings. The lowest BCUT2D eigenvalue weighted by molar-refractivity contribution is -0.121. The van der Waals surface area contributed by atoms with Crippen LogP contribution in [-0.2, 0) is 17.8 Å². The number of amides is 2. The fourth-order valence-corrected chi connectivity index (χ4v) is 3.00. The molecule has 0 bridgehead atoms. The number of Topliss-reactive ketones (excluding diaryl/α,β-unsaturated/α-hetero) is 1. The van der Waals surface area contributed by atoms with Crippen molar-refractivity contribution in [2.45, 2.75) is 13.0 Å². The molecule has 0 spiro atoms. The Morgan fingerprint density at radius 3 is 2.90 bits per heavy atom. The summed E-state index contributed by atoms with van der Waals surface area (Å²) in [7, 11) is 0. The van der Waals surface area contributed by atoms with Gasteiger partial charge in [0.2, 0.25) is 0 Å². The van der Waals surface area contributed by atoms with E-state index < -0.39 is 17.6 Å². The maximum absolute atomic E-state index is 13.9. The van der Waals surface area contributed by atoms with Crippen molar-refractivity contribution in [2.24, 2.45) is 5.84 Å². The normalized spacial score (nSPS) is 13.0. The average molecular weight is 398 g/mol. The van der Waals surface area contributed by atoms with Crippen molar-refractivity contribution in [3.63, 3.8) is 0 Å². The number of ether oxygens (including phenoxy) is 1. The summed E-state index contributed by atoms with van der Waals surface area (Å²) in [5, 5.41) is 6.37. The van der Waals surface area contributed by atoms with Crippen LogP contribution in [0.5, 0.6) is 5.75 Å². The molecule has 148 valence electrons. The Kier molecular flexibility index (Phi) is 4.64. The first kappa shape index (κ1) is 18.5. The first-order valence-corrected chi connectivity index (χ1v) is 8.56. The van der Waals surface area contributed by atoms with Crippen LogP contribution in [-0.4, -0.2) is 38.8 Å². The molecule has 0 unspecified atom stereocenters. The van der Waals surface area contributed by atoms with Crippen molar-refractivity contribution >= 4 is 23.2 Å². The summed E-state index contributed by atoms with van der Waals surface area (Å²) in [5.74, 6) is 3.59. The van der Waals surface area contributed by atoms with Gasteiger partial charge in [-0.05, 0) is 17.7 Å². The number of fused-ring (bicyclic) bond motifs is 2. The van der Waals surface area contributed by atoms with E-state index in [0.717, 1.165) is 27.9 Å². The zero-order valence-corrected chi connectivity index (χ0v) is 14.9. The Labute approximate surface area is 162 Å². The van der Waals surface area contributed by atoms with Crippen molar-refractivity contribution in [1.82, 2.24) is 25.3 Å². The highest BCUT2D eigenvalue weighted by molar-refractivity contribution is 5.98. The van der Waals surface area contributed by atoms with Gasteiger partial charge in [-0.2, -0.15) is 5.10 Å². The van der Waals surface area contributed by atoms with Crippen LogP contribution < -0.4 is 21.3 Å². The Morgan fingerprint density at radius 1 is 1.28 bits per heavy atom. The Morgan fingerprint density at radius 2 is 2.10 bits per heavy atom.